The first-order valence-corrected chi connectivity index (χ1v) is 15.1. The van der Waals surface area contributed by atoms with Gasteiger partial charge in [-0.25, -0.2) is 0 Å². The Morgan fingerprint density at radius 3 is 2.25 bits per heavy atom. The monoisotopic (exact) mass is 670 g/mol. The van der Waals surface area contributed by atoms with Gasteiger partial charge in [0.2, 0.25) is 13.6 Å². The average Bonchev–Trinajstić information content (AvgIpc) is 3.87. The first-order valence-electron chi connectivity index (χ1n) is 15.1. The van der Waals surface area contributed by atoms with E-state index in [1.807, 2.05) is 0 Å². The van der Waals surface area contributed by atoms with Crippen LogP contribution in [0.25, 0.3) is 0 Å². The maximum Gasteiger partial charge on any atom is 0.362 e. The van der Waals surface area contributed by atoms with Gasteiger partial charge in [-0.15, -0.1) is 0 Å². The molecule has 5 aliphatic rings. The fraction of sp³-hybridized carbons (Fsp3) is 0.455. The third-order valence-corrected chi connectivity index (χ3v) is 9.15. The molecule has 0 amide bonds. The lowest BCUT2D eigenvalue weighted by molar-refractivity contribution is -0.392. The quantitative estimate of drug-likeness (QED) is 0.320. The number of aliphatic hydroxyl groups is 2. The molecule has 48 heavy (non-hydrogen) atoms. The predicted octanol–water partition coefficient (Wildman–Crippen LogP) is 2.80. The van der Waals surface area contributed by atoms with E-state index in [1.54, 1.807) is 48.5 Å². The van der Waals surface area contributed by atoms with Gasteiger partial charge in [0.1, 0.15) is 18.1 Å². The third kappa shape index (κ3) is 4.61. The Bertz CT molecular complexity index is 1720. The minimum atomic E-state index is -2.04. The molecule has 0 saturated carbocycles. The van der Waals surface area contributed by atoms with Gasteiger partial charge in [-0.3, -0.25) is 4.74 Å². The number of hydrogen-bond donors (Lipinski definition) is 2. The summed E-state index contributed by atoms with van der Waals surface area (Å²) >= 11 is 0. The van der Waals surface area contributed by atoms with E-state index >= 15 is 0 Å². The lowest BCUT2D eigenvalue weighted by Crippen LogP contribution is -2.59. The molecule has 5 heterocycles. The maximum atomic E-state index is 12.3. The lowest BCUT2D eigenvalue weighted by atomic mass is 9.83. The normalized spacial score (nSPS) is 32.3. The average molecular weight is 671 g/mol. The molecule has 7 unspecified atom stereocenters. The van der Waals surface area contributed by atoms with Crippen LogP contribution in [-0.2, 0) is 23.7 Å². The van der Waals surface area contributed by atoms with Gasteiger partial charge in [0, 0.05) is 44.6 Å². The molecule has 0 aliphatic carbocycles. The van der Waals surface area contributed by atoms with E-state index < -0.39 is 41.8 Å². The smallest absolute Gasteiger partial charge is 0.362 e. The SMILES string of the molecule is COCC1(O)Oc2cc(C3OCC4(O)C3C(OC)OC4(OC)Oc3ccc4c(c3)OCO4)c(OC)cc2OC1c1ccc2c(c1)OCO2. The molecular formula is C33H34O15. The van der Waals surface area contributed by atoms with E-state index in [-0.39, 0.29) is 38.3 Å². The molecule has 3 aromatic rings. The van der Waals surface area contributed by atoms with Gasteiger partial charge < -0.3 is 67.1 Å². The van der Waals surface area contributed by atoms with Crippen LogP contribution in [0.4, 0.5) is 0 Å². The summed E-state index contributed by atoms with van der Waals surface area (Å²) in [5.74, 6) is -1.64. The molecule has 2 saturated heterocycles. The molecule has 2 fully saturated rings. The zero-order chi connectivity index (χ0) is 33.3. The highest BCUT2D eigenvalue weighted by Gasteiger charge is 2.75. The Balaban J connectivity index is 1.14. The molecule has 8 rings (SSSR count). The fourth-order valence-electron chi connectivity index (χ4n) is 6.92. The Morgan fingerprint density at radius 2 is 1.54 bits per heavy atom. The van der Waals surface area contributed by atoms with Crippen molar-refractivity contribution in [2.24, 2.45) is 5.92 Å². The van der Waals surface area contributed by atoms with Crippen LogP contribution in [0.5, 0.6) is 46.0 Å². The van der Waals surface area contributed by atoms with Crippen LogP contribution >= 0.6 is 0 Å². The number of rotatable bonds is 9. The highest BCUT2D eigenvalue weighted by Crippen LogP contribution is 2.59. The standard InChI is InChI=1S/C33H34O15/c1-36-14-32(35)29(17-5-7-20-23(9-17)43-15-41-20)45-25-12-22(37-2)19(11-26(25)47-32)28-27-30(38-3)48-33(39-4,31(27,34)13-40-28)46-18-6-8-21-24(10-18)44-16-42-21/h5-12,27-30,34-35H,13-16H2,1-4H3. The second-order valence-electron chi connectivity index (χ2n) is 11.8. The number of hydrogen-bond acceptors (Lipinski definition) is 15. The Labute approximate surface area is 274 Å². The number of benzene rings is 3. The number of methoxy groups -OCH3 is 4. The minimum absolute atomic E-state index is 0.0806. The van der Waals surface area contributed by atoms with Crippen molar-refractivity contribution < 1.29 is 71.8 Å². The first-order chi connectivity index (χ1) is 23.2. The molecule has 15 heteroatoms. The van der Waals surface area contributed by atoms with Gasteiger partial charge in [-0.05, 0) is 30.3 Å². The number of ether oxygens (including phenoxy) is 13. The van der Waals surface area contributed by atoms with Crippen molar-refractivity contribution in [1.82, 2.24) is 0 Å². The summed E-state index contributed by atoms with van der Waals surface area (Å²) in [5, 5.41) is 24.1. The highest BCUT2D eigenvalue weighted by molar-refractivity contribution is 5.55. The molecule has 2 N–H and O–H groups in total. The Hall–Kier alpha value is -4.22. The van der Waals surface area contributed by atoms with Crippen molar-refractivity contribution in [1.29, 1.82) is 0 Å². The molecule has 256 valence electrons. The van der Waals surface area contributed by atoms with E-state index in [0.29, 0.717) is 45.6 Å². The summed E-state index contributed by atoms with van der Waals surface area (Å²) in [6.45, 7) is -0.325. The Morgan fingerprint density at radius 1 is 0.812 bits per heavy atom. The van der Waals surface area contributed by atoms with Gasteiger partial charge in [0.25, 0.3) is 5.79 Å². The van der Waals surface area contributed by atoms with E-state index in [9.17, 15) is 10.2 Å². The summed E-state index contributed by atoms with van der Waals surface area (Å²) in [5.41, 5.74) is -0.855. The van der Waals surface area contributed by atoms with Crippen molar-refractivity contribution in [3.63, 3.8) is 0 Å². The van der Waals surface area contributed by atoms with E-state index in [2.05, 4.69) is 0 Å². The van der Waals surface area contributed by atoms with E-state index in [4.69, 9.17) is 61.6 Å². The van der Waals surface area contributed by atoms with Gasteiger partial charge in [-0.1, -0.05) is 6.07 Å². The maximum absolute atomic E-state index is 12.3. The van der Waals surface area contributed by atoms with Gasteiger partial charge >= 0.3 is 5.97 Å². The van der Waals surface area contributed by atoms with Crippen LogP contribution in [0.15, 0.2) is 48.5 Å². The van der Waals surface area contributed by atoms with Crippen LogP contribution in [0.3, 0.4) is 0 Å². The summed E-state index contributed by atoms with van der Waals surface area (Å²) < 4.78 is 75.8. The second-order valence-corrected chi connectivity index (χ2v) is 11.8. The fourth-order valence-corrected chi connectivity index (χ4v) is 6.92. The van der Waals surface area contributed by atoms with Crippen LogP contribution in [0.2, 0.25) is 0 Å². The molecule has 7 atom stereocenters. The van der Waals surface area contributed by atoms with Crippen molar-refractivity contribution in [2.75, 3.05) is 55.2 Å². The van der Waals surface area contributed by atoms with Crippen molar-refractivity contribution in [3.8, 4) is 46.0 Å². The summed E-state index contributed by atoms with van der Waals surface area (Å²) in [6.07, 6.45) is -2.96. The molecule has 5 aliphatic heterocycles. The van der Waals surface area contributed by atoms with Crippen LogP contribution in [0.1, 0.15) is 23.3 Å². The molecule has 0 spiro atoms. The predicted molar refractivity (Wildman–Crippen MR) is 158 cm³/mol. The van der Waals surface area contributed by atoms with Crippen LogP contribution in [-0.4, -0.2) is 89.1 Å². The van der Waals surface area contributed by atoms with Crippen molar-refractivity contribution >= 4 is 0 Å². The molecule has 0 bridgehead atoms. The minimum Gasteiger partial charge on any atom is -0.496 e. The van der Waals surface area contributed by atoms with Crippen LogP contribution < -0.4 is 37.9 Å². The molecule has 15 nitrogen and oxygen atoms in total. The molecular weight excluding hydrogens is 636 g/mol. The Kier molecular flexibility index (Phi) is 7.41. The summed E-state index contributed by atoms with van der Waals surface area (Å²) in [7, 11) is 5.73. The number of fused-ring (bicyclic) bond motifs is 4. The van der Waals surface area contributed by atoms with Crippen molar-refractivity contribution in [2.45, 2.75) is 35.9 Å². The zero-order valence-corrected chi connectivity index (χ0v) is 26.5. The van der Waals surface area contributed by atoms with Crippen LogP contribution in [0, 0.1) is 5.92 Å². The van der Waals surface area contributed by atoms with Crippen molar-refractivity contribution in [3.05, 3.63) is 59.7 Å². The van der Waals surface area contributed by atoms with E-state index in [1.165, 1.54) is 28.4 Å². The highest BCUT2D eigenvalue weighted by atomic mass is 16.9. The van der Waals surface area contributed by atoms with Gasteiger partial charge in [0.15, 0.2) is 52.5 Å². The van der Waals surface area contributed by atoms with E-state index in [0.717, 1.165) is 0 Å². The summed E-state index contributed by atoms with van der Waals surface area (Å²) in [4.78, 5) is 0. The van der Waals surface area contributed by atoms with Gasteiger partial charge in [0.05, 0.1) is 25.7 Å². The third-order valence-electron chi connectivity index (χ3n) is 9.15. The largest absolute Gasteiger partial charge is 0.496 e. The first kappa shape index (κ1) is 31.1. The molecule has 0 radical (unpaired) electrons. The zero-order valence-electron chi connectivity index (χ0n) is 26.5. The second kappa shape index (κ2) is 11.4. The van der Waals surface area contributed by atoms with Gasteiger partial charge in [-0.2, -0.15) is 0 Å². The lowest BCUT2D eigenvalue weighted by Gasteiger charge is -2.40. The topological polar surface area (TPSA) is 160 Å². The molecule has 0 aromatic heterocycles. The summed E-state index contributed by atoms with van der Waals surface area (Å²) in [6, 6.07) is 13.4. The molecule has 3 aromatic carbocycles.